The van der Waals surface area contributed by atoms with Gasteiger partial charge in [-0.1, -0.05) is 0 Å². The topological polar surface area (TPSA) is 35.1 Å². The molecular weight excluding hydrogens is 301 g/mol. The Hall–Kier alpha value is -0.0800. The van der Waals surface area contributed by atoms with Crippen molar-refractivity contribution in [2.75, 3.05) is 0 Å². The lowest BCUT2D eigenvalue weighted by molar-refractivity contribution is -0.175. The van der Waals surface area contributed by atoms with Crippen molar-refractivity contribution in [2.45, 2.75) is 69.3 Å². The number of halogens is 5. The molecule has 1 N–H and O–H groups in total. The van der Waals surface area contributed by atoms with Crippen molar-refractivity contribution < 1.29 is 26.5 Å². The molecule has 0 radical (unpaired) electrons. The van der Waals surface area contributed by atoms with Crippen LogP contribution in [0.25, 0.3) is 0 Å². The molecule has 0 saturated heterocycles. The second-order valence-electron chi connectivity index (χ2n) is 6.23. The van der Waals surface area contributed by atoms with Gasteiger partial charge < -0.3 is 4.55 Å². The van der Waals surface area contributed by atoms with Gasteiger partial charge in [0.1, 0.15) is 4.75 Å². The van der Waals surface area contributed by atoms with E-state index in [1.165, 1.54) is 20.8 Å². The molecular formula is C12H20F5NOS. The van der Waals surface area contributed by atoms with E-state index in [2.05, 4.69) is 0 Å². The smallest absolute Gasteiger partial charge is 0.408 e. The fourth-order valence-electron chi connectivity index (χ4n) is 2.22. The first-order valence-electron chi connectivity index (χ1n) is 6.45. The zero-order valence-corrected chi connectivity index (χ0v) is 12.5. The molecule has 1 fully saturated rings. The lowest BCUT2D eigenvalue weighted by Gasteiger charge is -2.37. The largest absolute Gasteiger partial charge is 0.598 e. The Balaban J connectivity index is 2.85. The maximum atomic E-state index is 13.3. The maximum absolute atomic E-state index is 13.3. The second-order valence-corrected chi connectivity index (χ2v) is 8.23. The highest BCUT2D eigenvalue weighted by molar-refractivity contribution is 7.90. The molecule has 0 amide bonds. The van der Waals surface area contributed by atoms with Gasteiger partial charge in [0.05, 0.1) is 0 Å². The van der Waals surface area contributed by atoms with E-state index in [1.807, 2.05) is 4.72 Å². The van der Waals surface area contributed by atoms with Crippen LogP contribution in [-0.4, -0.2) is 27.4 Å². The summed E-state index contributed by atoms with van der Waals surface area (Å²) >= 11 is -1.96. The summed E-state index contributed by atoms with van der Waals surface area (Å²) in [7, 11) is 0. The Bertz CT molecular complexity index is 329. The minimum absolute atomic E-state index is 0.0497. The van der Waals surface area contributed by atoms with Crippen LogP contribution in [0, 0.1) is 5.92 Å². The summed E-state index contributed by atoms with van der Waals surface area (Å²) < 4.78 is 78.8. The van der Waals surface area contributed by atoms with E-state index in [1.54, 1.807) is 0 Å². The average Bonchev–Trinajstić information content (AvgIpc) is 2.20. The predicted octanol–water partition coefficient (Wildman–Crippen LogP) is 3.79. The molecule has 1 saturated carbocycles. The van der Waals surface area contributed by atoms with Crippen molar-refractivity contribution in [3.05, 3.63) is 0 Å². The highest BCUT2D eigenvalue weighted by atomic mass is 32.2. The van der Waals surface area contributed by atoms with Crippen molar-refractivity contribution in [2.24, 2.45) is 5.92 Å². The van der Waals surface area contributed by atoms with Gasteiger partial charge >= 0.3 is 6.18 Å². The summed E-state index contributed by atoms with van der Waals surface area (Å²) in [5.41, 5.74) is 0. The van der Waals surface area contributed by atoms with Crippen molar-refractivity contribution in [3.63, 3.8) is 0 Å². The Morgan fingerprint density at radius 3 is 2.20 bits per heavy atom. The second kappa shape index (κ2) is 5.96. The van der Waals surface area contributed by atoms with E-state index < -0.39 is 46.6 Å². The van der Waals surface area contributed by atoms with Crippen LogP contribution in [0.5, 0.6) is 0 Å². The molecule has 3 atom stereocenters. The molecule has 20 heavy (non-hydrogen) atoms. The van der Waals surface area contributed by atoms with Crippen LogP contribution in [0.1, 0.15) is 46.5 Å². The average molecular weight is 321 g/mol. The number of nitrogens with one attached hydrogen (secondary N) is 1. The number of hydrogen-bond acceptors (Lipinski definition) is 2. The summed E-state index contributed by atoms with van der Waals surface area (Å²) in [4.78, 5) is 0. The third-order valence-corrected chi connectivity index (χ3v) is 4.87. The lowest BCUT2D eigenvalue weighted by atomic mass is 9.82. The molecule has 0 aromatic rings. The first-order valence-corrected chi connectivity index (χ1v) is 7.60. The minimum atomic E-state index is -4.70. The van der Waals surface area contributed by atoms with Crippen molar-refractivity contribution in [1.29, 1.82) is 0 Å². The van der Waals surface area contributed by atoms with Crippen LogP contribution in [0.4, 0.5) is 22.0 Å². The van der Waals surface area contributed by atoms with Crippen LogP contribution in [0.2, 0.25) is 0 Å². The van der Waals surface area contributed by atoms with Gasteiger partial charge in [0.15, 0.2) is 6.04 Å². The lowest BCUT2D eigenvalue weighted by Crippen LogP contribution is -2.55. The predicted molar refractivity (Wildman–Crippen MR) is 67.8 cm³/mol. The van der Waals surface area contributed by atoms with Crippen LogP contribution in [0.15, 0.2) is 0 Å². The van der Waals surface area contributed by atoms with Gasteiger partial charge in [-0.2, -0.15) is 13.2 Å². The van der Waals surface area contributed by atoms with Gasteiger partial charge in [0.2, 0.25) is 5.92 Å². The summed E-state index contributed by atoms with van der Waals surface area (Å²) in [5.74, 6) is -4.32. The number of hydrogen-bond donors (Lipinski definition) is 1. The molecule has 0 aliphatic heterocycles. The Morgan fingerprint density at radius 1 is 1.25 bits per heavy atom. The fourth-order valence-corrected chi connectivity index (χ4v) is 3.13. The highest BCUT2D eigenvalue weighted by Gasteiger charge is 2.52. The molecule has 0 spiro atoms. The van der Waals surface area contributed by atoms with Gasteiger partial charge in [0.25, 0.3) is 0 Å². The SMILES string of the molecule is CC(C)(C)[S@@+]([O-])N[C@@H]([C@@H]1CCCC(F)(F)C1)C(F)(F)F. The Morgan fingerprint density at radius 2 is 1.80 bits per heavy atom. The van der Waals surface area contributed by atoms with Crippen molar-refractivity contribution in [3.8, 4) is 0 Å². The maximum Gasteiger partial charge on any atom is 0.408 e. The van der Waals surface area contributed by atoms with Crippen LogP contribution >= 0.6 is 0 Å². The van der Waals surface area contributed by atoms with Gasteiger partial charge in [-0.3, -0.25) is 0 Å². The molecule has 0 heterocycles. The van der Waals surface area contributed by atoms with E-state index in [0.717, 1.165) is 0 Å². The highest BCUT2D eigenvalue weighted by Crippen LogP contribution is 2.42. The van der Waals surface area contributed by atoms with Crippen LogP contribution < -0.4 is 4.72 Å². The third kappa shape index (κ3) is 5.04. The molecule has 120 valence electrons. The van der Waals surface area contributed by atoms with Gasteiger partial charge in [-0.25, -0.2) is 8.78 Å². The van der Waals surface area contributed by atoms with E-state index in [0.29, 0.717) is 0 Å². The number of alkyl halides is 5. The van der Waals surface area contributed by atoms with Crippen molar-refractivity contribution in [1.82, 2.24) is 4.72 Å². The van der Waals surface area contributed by atoms with E-state index in [9.17, 15) is 26.5 Å². The first kappa shape index (κ1) is 18.0. The molecule has 0 aromatic heterocycles. The molecule has 1 rings (SSSR count). The molecule has 1 aliphatic rings. The molecule has 2 nitrogen and oxygen atoms in total. The first-order chi connectivity index (χ1) is 8.83. The van der Waals surface area contributed by atoms with E-state index >= 15 is 0 Å². The van der Waals surface area contributed by atoms with Crippen LogP contribution in [0.3, 0.4) is 0 Å². The standard InChI is InChI=1S/C12H20F5NOS/c1-10(2,3)20(19)18-9(12(15,16)17)8-5-4-6-11(13,14)7-8/h8-9,18H,4-7H2,1-3H3/t8-,9+,20-/m1/s1. The zero-order chi connectivity index (χ0) is 15.8. The summed E-state index contributed by atoms with van der Waals surface area (Å²) in [6.07, 6.45) is -5.77. The van der Waals surface area contributed by atoms with Gasteiger partial charge in [-0.05, 0) is 39.5 Å². The van der Waals surface area contributed by atoms with E-state index in [-0.39, 0.29) is 19.3 Å². The normalized spacial score (nSPS) is 27.1. The Kier molecular flexibility index (Phi) is 5.36. The van der Waals surface area contributed by atoms with Crippen molar-refractivity contribution >= 4 is 11.4 Å². The monoisotopic (exact) mass is 321 g/mol. The summed E-state index contributed by atoms with van der Waals surface area (Å²) in [5, 5.41) is 0. The van der Waals surface area contributed by atoms with Gasteiger partial charge in [0, 0.05) is 24.2 Å². The Labute approximate surface area is 118 Å². The zero-order valence-electron chi connectivity index (χ0n) is 11.7. The van der Waals surface area contributed by atoms with Gasteiger partial charge in [-0.15, -0.1) is 4.72 Å². The summed E-state index contributed by atoms with van der Waals surface area (Å²) in [6.45, 7) is 4.58. The summed E-state index contributed by atoms with van der Waals surface area (Å²) in [6, 6.07) is -2.16. The van der Waals surface area contributed by atoms with E-state index in [4.69, 9.17) is 0 Å². The fraction of sp³-hybridized carbons (Fsp3) is 1.00. The quantitative estimate of drug-likeness (QED) is 0.634. The number of rotatable bonds is 3. The minimum Gasteiger partial charge on any atom is -0.598 e. The molecule has 0 unspecified atom stereocenters. The molecule has 0 aromatic carbocycles. The van der Waals surface area contributed by atoms with Crippen LogP contribution in [-0.2, 0) is 11.4 Å². The molecule has 1 aliphatic carbocycles. The molecule has 8 heteroatoms. The third-order valence-electron chi connectivity index (χ3n) is 3.29. The molecule has 0 bridgehead atoms.